The van der Waals surface area contributed by atoms with Gasteiger partial charge in [0.05, 0.1) is 5.03 Å². The average Bonchev–Trinajstić information content (AvgIpc) is 2.08. The second-order valence-electron chi connectivity index (χ2n) is 3.70. The van der Waals surface area contributed by atoms with Crippen molar-refractivity contribution in [2.75, 3.05) is 19.8 Å². The number of nitrogens with two attached hydrogens (primary N) is 1. The fourth-order valence-electron chi connectivity index (χ4n) is 1.16. The molecule has 1 aliphatic heterocycles. The summed E-state index contributed by atoms with van der Waals surface area (Å²) in [6, 6.07) is 0.611. The zero-order valence-corrected chi connectivity index (χ0v) is 9.40. The molecule has 74 valence electrons. The Morgan fingerprint density at radius 3 is 2.69 bits per heavy atom. The Morgan fingerprint density at radius 1 is 1.54 bits per heavy atom. The quantitative estimate of drug-likeness (QED) is 0.750. The lowest BCUT2D eigenvalue weighted by Crippen LogP contribution is -2.25. The van der Waals surface area contributed by atoms with Crippen molar-refractivity contribution in [3.63, 3.8) is 0 Å². The molecular weight excluding hydrogens is 180 g/mol. The van der Waals surface area contributed by atoms with Crippen molar-refractivity contribution in [1.29, 1.82) is 0 Å². The highest BCUT2D eigenvalue weighted by Crippen LogP contribution is 2.23. The molecule has 0 saturated heterocycles. The summed E-state index contributed by atoms with van der Waals surface area (Å²) in [5, 5.41) is 0.932. The lowest BCUT2D eigenvalue weighted by Gasteiger charge is -2.22. The van der Waals surface area contributed by atoms with Crippen LogP contribution in [0.5, 0.6) is 0 Å². The van der Waals surface area contributed by atoms with Gasteiger partial charge in [0, 0.05) is 11.8 Å². The summed E-state index contributed by atoms with van der Waals surface area (Å²) in [4.78, 5) is 2.24. The number of nitrogens with zero attached hydrogens (tertiary/aromatic N) is 1. The molecule has 0 aliphatic carbocycles. The lowest BCUT2D eigenvalue weighted by atomic mass is 10.1. The molecule has 0 spiro atoms. The molecule has 1 aliphatic rings. The van der Waals surface area contributed by atoms with Crippen molar-refractivity contribution < 1.29 is 0 Å². The van der Waals surface area contributed by atoms with Gasteiger partial charge in [0.15, 0.2) is 0 Å². The summed E-state index contributed by atoms with van der Waals surface area (Å²) in [6.07, 6.45) is 5.31. The van der Waals surface area contributed by atoms with Crippen LogP contribution in [0.15, 0.2) is 22.8 Å². The average molecular weight is 198 g/mol. The molecule has 3 heteroatoms. The van der Waals surface area contributed by atoms with Crippen LogP contribution in [0.4, 0.5) is 0 Å². The number of hydrogen-bond acceptors (Lipinski definition) is 3. The standard InChI is InChI=1S/C10H18N2S/c1-8(12(2)3)6-9-4-5-10(11)13-7-9/h4-5,8H,6-7,11H2,1-3H3. The minimum Gasteiger partial charge on any atom is -0.394 e. The van der Waals surface area contributed by atoms with Gasteiger partial charge >= 0.3 is 0 Å². The molecular formula is C10H18N2S. The van der Waals surface area contributed by atoms with Crippen LogP contribution in [0, 0.1) is 0 Å². The minimum absolute atomic E-state index is 0.611. The van der Waals surface area contributed by atoms with Gasteiger partial charge in [-0.25, -0.2) is 0 Å². The number of hydrogen-bond donors (Lipinski definition) is 1. The van der Waals surface area contributed by atoms with Gasteiger partial charge in [-0.05, 0) is 33.5 Å². The van der Waals surface area contributed by atoms with E-state index >= 15 is 0 Å². The van der Waals surface area contributed by atoms with Gasteiger partial charge in [-0.2, -0.15) is 0 Å². The second kappa shape index (κ2) is 4.72. The summed E-state index contributed by atoms with van der Waals surface area (Å²) in [5.74, 6) is 1.06. The van der Waals surface area contributed by atoms with Gasteiger partial charge in [-0.15, -0.1) is 11.8 Å². The van der Waals surface area contributed by atoms with Crippen LogP contribution in [-0.4, -0.2) is 30.8 Å². The SMILES string of the molecule is CC(CC1=CC=C(N)SC1)N(C)C. The maximum absolute atomic E-state index is 5.66. The third kappa shape index (κ3) is 3.44. The summed E-state index contributed by atoms with van der Waals surface area (Å²) in [5.41, 5.74) is 7.14. The minimum atomic E-state index is 0.611. The van der Waals surface area contributed by atoms with Gasteiger partial charge in [-0.3, -0.25) is 0 Å². The van der Waals surface area contributed by atoms with E-state index in [1.54, 1.807) is 11.8 Å². The smallest absolute Gasteiger partial charge is 0.0658 e. The Kier molecular flexibility index (Phi) is 3.88. The van der Waals surface area contributed by atoms with Crippen molar-refractivity contribution in [1.82, 2.24) is 4.90 Å². The molecule has 2 nitrogen and oxygen atoms in total. The van der Waals surface area contributed by atoms with E-state index in [0.717, 1.165) is 17.2 Å². The highest BCUT2D eigenvalue weighted by atomic mass is 32.2. The Morgan fingerprint density at radius 2 is 2.23 bits per heavy atom. The van der Waals surface area contributed by atoms with E-state index in [2.05, 4.69) is 32.0 Å². The molecule has 1 rings (SSSR count). The Labute approximate surface area is 84.9 Å². The fraction of sp³-hybridized carbons (Fsp3) is 0.600. The monoisotopic (exact) mass is 198 g/mol. The van der Waals surface area contributed by atoms with Crippen LogP contribution in [0.2, 0.25) is 0 Å². The first-order valence-electron chi connectivity index (χ1n) is 4.54. The van der Waals surface area contributed by atoms with E-state index in [0.29, 0.717) is 6.04 Å². The zero-order chi connectivity index (χ0) is 9.84. The number of thioether (sulfide) groups is 1. The van der Waals surface area contributed by atoms with Crippen molar-refractivity contribution in [3.8, 4) is 0 Å². The summed E-state index contributed by atoms with van der Waals surface area (Å²) >= 11 is 1.73. The Bertz CT molecular complexity index is 231. The maximum Gasteiger partial charge on any atom is 0.0658 e. The first kappa shape index (κ1) is 10.7. The molecule has 1 heterocycles. The Balaban J connectivity index is 2.46. The third-order valence-electron chi connectivity index (χ3n) is 2.35. The van der Waals surface area contributed by atoms with Crippen LogP contribution in [0.1, 0.15) is 13.3 Å². The van der Waals surface area contributed by atoms with E-state index in [1.165, 1.54) is 5.57 Å². The first-order chi connectivity index (χ1) is 6.09. The summed E-state index contributed by atoms with van der Waals surface area (Å²) in [7, 11) is 4.23. The third-order valence-corrected chi connectivity index (χ3v) is 3.33. The number of rotatable bonds is 3. The molecule has 1 atom stereocenters. The van der Waals surface area contributed by atoms with E-state index in [9.17, 15) is 0 Å². The normalized spacial score (nSPS) is 19.7. The highest BCUT2D eigenvalue weighted by molar-refractivity contribution is 8.03. The fourth-order valence-corrected chi connectivity index (χ4v) is 1.89. The highest BCUT2D eigenvalue weighted by Gasteiger charge is 2.10. The second-order valence-corrected chi connectivity index (χ2v) is 4.75. The van der Waals surface area contributed by atoms with Crippen molar-refractivity contribution >= 4 is 11.8 Å². The number of allylic oxidation sites excluding steroid dienone is 2. The van der Waals surface area contributed by atoms with Gasteiger partial charge in [-0.1, -0.05) is 11.6 Å². The summed E-state index contributed by atoms with van der Waals surface area (Å²) in [6.45, 7) is 2.24. The molecule has 0 bridgehead atoms. The van der Waals surface area contributed by atoms with Gasteiger partial charge in [0.1, 0.15) is 0 Å². The van der Waals surface area contributed by atoms with Crippen molar-refractivity contribution in [2.45, 2.75) is 19.4 Å². The van der Waals surface area contributed by atoms with Crippen molar-refractivity contribution in [3.05, 3.63) is 22.8 Å². The maximum atomic E-state index is 5.66. The molecule has 0 saturated carbocycles. The van der Waals surface area contributed by atoms with Crippen LogP contribution < -0.4 is 5.73 Å². The zero-order valence-electron chi connectivity index (χ0n) is 8.58. The van der Waals surface area contributed by atoms with Gasteiger partial charge in [0.2, 0.25) is 0 Å². The van der Waals surface area contributed by atoms with Crippen LogP contribution >= 0.6 is 11.8 Å². The molecule has 13 heavy (non-hydrogen) atoms. The van der Waals surface area contributed by atoms with Crippen LogP contribution in [0.3, 0.4) is 0 Å². The summed E-state index contributed by atoms with van der Waals surface area (Å²) < 4.78 is 0. The first-order valence-corrected chi connectivity index (χ1v) is 5.52. The van der Waals surface area contributed by atoms with Crippen LogP contribution in [-0.2, 0) is 0 Å². The molecule has 0 aromatic rings. The van der Waals surface area contributed by atoms with Gasteiger partial charge in [0.25, 0.3) is 0 Å². The Hall–Kier alpha value is -0.410. The van der Waals surface area contributed by atoms with E-state index < -0.39 is 0 Å². The predicted octanol–water partition coefficient (Wildman–Crippen LogP) is 1.80. The van der Waals surface area contributed by atoms with Crippen molar-refractivity contribution in [2.24, 2.45) is 5.73 Å². The van der Waals surface area contributed by atoms with Crippen LogP contribution in [0.25, 0.3) is 0 Å². The molecule has 0 amide bonds. The molecule has 2 N–H and O–H groups in total. The molecule has 1 unspecified atom stereocenters. The lowest BCUT2D eigenvalue weighted by molar-refractivity contribution is 0.312. The van der Waals surface area contributed by atoms with Gasteiger partial charge < -0.3 is 10.6 Å². The molecule has 0 fully saturated rings. The molecule has 0 aromatic heterocycles. The van der Waals surface area contributed by atoms with E-state index in [-0.39, 0.29) is 0 Å². The predicted molar refractivity (Wildman–Crippen MR) is 60.6 cm³/mol. The van der Waals surface area contributed by atoms with E-state index in [4.69, 9.17) is 5.73 Å². The van der Waals surface area contributed by atoms with E-state index in [1.807, 2.05) is 6.08 Å². The topological polar surface area (TPSA) is 29.3 Å². The largest absolute Gasteiger partial charge is 0.394 e. The molecule has 0 radical (unpaired) electrons. The molecule has 0 aromatic carbocycles.